The molecule has 0 amide bonds. The van der Waals surface area contributed by atoms with Gasteiger partial charge in [-0.05, 0) is 38.2 Å². The molecule has 1 aliphatic carbocycles. The van der Waals surface area contributed by atoms with Crippen LogP contribution >= 0.6 is 0 Å². The second kappa shape index (κ2) is 4.65. The summed E-state index contributed by atoms with van der Waals surface area (Å²) in [7, 11) is 0. The third-order valence-electron chi connectivity index (χ3n) is 3.41. The van der Waals surface area contributed by atoms with E-state index in [1.165, 1.54) is 17.4 Å². The van der Waals surface area contributed by atoms with Gasteiger partial charge in [0.2, 0.25) is 0 Å². The zero-order valence-corrected chi connectivity index (χ0v) is 9.78. The van der Waals surface area contributed by atoms with E-state index in [0.717, 1.165) is 25.7 Å². The van der Waals surface area contributed by atoms with E-state index in [1.807, 2.05) is 18.2 Å². The molecule has 1 aromatic rings. The Bertz CT molecular complexity index is 391. The molecule has 0 saturated heterocycles. The summed E-state index contributed by atoms with van der Waals surface area (Å²) in [6.45, 7) is 2.13. The summed E-state index contributed by atoms with van der Waals surface area (Å²) >= 11 is 0. The van der Waals surface area contributed by atoms with Crippen LogP contribution in [0.4, 0.5) is 0 Å². The van der Waals surface area contributed by atoms with Crippen LogP contribution in [0.5, 0.6) is 0 Å². The van der Waals surface area contributed by atoms with Crippen LogP contribution < -0.4 is 0 Å². The maximum Gasteiger partial charge on any atom is 0.126 e. The Morgan fingerprint density at radius 2 is 2.06 bits per heavy atom. The first-order valence-electron chi connectivity index (χ1n) is 5.90. The zero-order valence-electron chi connectivity index (χ0n) is 9.78. The van der Waals surface area contributed by atoms with Crippen LogP contribution in [0.25, 0.3) is 0 Å². The molecule has 1 aromatic carbocycles. The molecule has 0 heterocycles. The third-order valence-corrected chi connectivity index (χ3v) is 3.41. The predicted octanol–water partition coefficient (Wildman–Crippen LogP) is 3.54. The van der Waals surface area contributed by atoms with E-state index < -0.39 is 0 Å². The van der Waals surface area contributed by atoms with Crippen molar-refractivity contribution in [2.24, 2.45) is 5.41 Å². The van der Waals surface area contributed by atoms with Gasteiger partial charge in [0.1, 0.15) is 6.29 Å². The van der Waals surface area contributed by atoms with E-state index in [-0.39, 0.29) is 5.41 Å². The molecule has 0 fully saturated rings. The number of carbonyl (C=O) groups is 1. The Morgan fingerprint density at radius 3 is 2.69 bits per heavy atom. The Hall–Kier alpha value is -1.37. The van der Waals surface area contributed by atoms with Crippen molar-refractivity contribution < 1.29 is 4.79 Å². The lowest BCUT2D eigenvalue weighted by molar-refractivity contribution is -0.116. The van der Waals surface area contributed by atoms with Gasteiger partial charge in [-0.15, -0.1) is 0 Å². The molecule has 16 heavy (non-hydrogen) atoms. The molecule has 0 N–H and O–H groups in total. The van der Waals surface area contributed by atoms with E-state index in [4.69, 9.17) is 0 Å². The summed E-state index contributed by atoms with van der Waals surface area (Å²) in [4.78, 5) is 11.4. The topological polar surface area (TPSA) is 17.1 Å². The quantitative estimate of drug-likeness (QED) is 0.555. The van der Waals surface area contributed by atoms with Gasteiger partial charge in [0.05, 0.1) is 0 Å². The molecule has 1 aliphatic rings. The number of benzene rings is 1. The standard InChI is InChI=1S/C15H18O/c1-13-6-5-9-15(10-13,12-16)11-14-7-3-2-4-8-14/h2-4,6-8,12H,5,9-11H2,1H3/t15-/m0/s1. The van der Waals surface area contributed by atoms with Gasteiger partial charge in [-0.25, -0.2) is 0 Å². The molecule has 0 aliphatic heterocycles. The summed E-state index contributed by atoms with van der Waals surface area (Å²) < 4.78 is 0. The first-order valence-corrected chi connectivity index (χ1v) is 5.90. The summed E-state index contributed by atoms with van der Waals surface area (Å²) in [5, 5.41) is 0. The highest BCUT2D eigenvalue weighted by molar-refractivity contribution is 5.61. The number of aldehydes is 1. The van der Waals surface area contributed by atoms with E-state index >= 15 is 0 Å². The van der Waals surface area contributed by atoms with Crippen LogP contribution in [-0.2, 0) is 11.2 Å². The molecule has 1 atom stereocenters. The molecule has 1 heteroatoms. The van der Waals surface area contributed by atoms with Gasteiger partial charge in [0.15, 0.2) is 0 Å². The first kappa shape index (κ1) is 11.1. The van der Waals surface area contributed by atoms with Crippen molar-refractivity contribution in [3.05, 3.63) is 47.5 Å². The van der Waals surface area contributed by atoms with Gasteiger partial charge in [-0.2, -0.15) is 0 Å². The van der Waals surface area contributed by atoms with E-state index in [0.29, 0.717) is 0 Å². The van der Waals surface area contributed by atoms with Crippen LogP contribution in [0.2, 0.25) is 0 Å². The highest BCUT2D eigenvalue weighted by Crippen LogP contribution is 2.37. The van der Waals surface area contributed by atoms with E-state index in [9.17, 15) is 4.79 Å². The van der Waals surface area contributed by atoms with Gasteiger partial charge in [0, 0.05) is 5.41 Å². The minimum Gasteiger partial charge on any atom is -0.303 e. The molecule has 0 saturated carbocycles. The van der Waals surface area contributed by atoms with Crippen LogP contribution in [0.3, 0.4) is 0 Å². The summed E-state index contributed by atoms with van der Waals surface area (Å²) in [5.41, 5.74) is 2.47. The van der Waals surface area contributed by atoms with Crippen molar-refractivity contribution in [3.63, 3.8) is 0 Å². The molecule has 2 rings (SSSR count). The number of rotatable bonds is 3. The SMILES string of the molecule is CC1=CCC[C@@](C=O)(Cc2ccccc2)C1. The largest absolute Gasteiger partial charge is 0.303 e. The smallest absolute Gasteiger partial charge is 0.126 e. The van der Waals surface area contributed by atoms with Crippen molar-refractivity contribution in [1.82, 2.24) is 0 Å². The number of carbonyl (C=O) groups excluding carboxylic acids is 1. The second-order valence-corrected chi connectivity index (χ2v) is 4.91. The fourth-order valence-corrected chi connectivity index (χ4v) is 2.62. The molecule has 0 unspecified atom stereocenters. The Kier molecular flexibility index (Phi) is 3.23. The minimum absolute atomic E-state index is 0.153. The molecule has 0 spiro atoms. The van der Waals surface area contributed by atoms with Crippen LogP contribution in [0.15, 0.2) is 42.0 Å². The monoisotopic (exact) mass is 214 g/mol. The van der Waals surface area contributed by atoms with Gasteiger partial charge < -0.3 is 4.79 Å². The maximum atomic E-state index is 11.4. The van der Waals surface area contributed by atoms with Crippen molar-refractivity contribution in [3.8, 4) is 0 Å². The lowest BCUT2D eigenvalue weighted by atomic mass is 9.72. The van der Waals surface area contributed by atoms with E-state index in [2.05, 4.69) is 25.1 Å². The molecule has 0 radical (unpaired) electrons. The lowest BCUT2D eigenvalue weighted by Crippen LogP contribution is -2.28. The van der Waals surface area contributed by atoms with Gasteiger partial charge in [-0.3, -0.25) is 0 Å². The Labute approximate surface area is 97.2 Å². The second-order valence-electron chi connectivity index (χ2n) is 4.91. The minimum atomic E-state index is -0.153. The number of allylic oxidation sites excluding steroid dienone is 2. The number of hydrogen-bond donors (Lipinski definition) is 0. The molecule has 1 nitrogen and oxygen atoms in total. The maximum absolute atomic E-state index is 11.4. The van der Waals surface area contributed by atoms with Crippen molar-refractivity contribution in [2.75, 3.05) is 0 Å². The molecular weight excluding hydrogens is 196 g/mol. The van der Waals surface area contributed by atoms with Crippen LogP contribution in [0.1, 0.15) is 31.7 Å². The Morgan fingerprint density at radius 1 is 1.31 bits per heavy atom. The van der Waals surface area contributed by atoms with Gasteiger partial charge in [-0.1, -0.05) is 42.0 Å². The van der Waals surface area contributed by atoms with E-state index in [1.54, 1.807) is 0 Å². The summed E-state index contributed by atoms with van der Waals surface area (Å²) in [6.07, 6.45) is 7.26. The fraction of sp³-hybridized carbons (Fsp3) is 0.400. The Balaban J connectivity index is 2.17. The normalized spacial score (nSPS) is 24.9. The van der Waals surface area contributed by atoms with Crippen LogP contribution in [0, 0.1) is 5.41 Å². The zero-order chi connectivity index (χ0) is 11.4. The highest BCUT2D eigenvalue weighted by atomic mass is 16.1. The average Bonchev–Trinajstić information content (AvgIpc) is 2.30. The molecular formula is C15H18O. The fourth-order valence-electron chi connectivity index (χ4n) is 2.62. The molecule has 0 bridgehead atoms. The lowest BCUT2D eigenvalue weighted by Gasteiger charge is -2.31. The molecule has 0 aromatic heterocycles. The summed E-state index contributed by atoms with van der Waals surface area (Å²) in [6, 6.07) is 10.3. The first-order chi connectivity index (χ1) is 7.74. The van der Waals surface area contributed by atoms with Gasteiger partial charge >= 0.3 is 0 Å². The van der Waals surface area contributed by atoms with Crippen molar-refractivity contribution in [1.29, 1.82) is 0 Å². The average molecular weight is 214 g/mol. The van der Waals surface area contributed by atoms with Crippen molar-refractivity contribution >= 4 is 6.29 Å². The molecule has 84 valence electrons. The van der Waals surface area contributed by atoms with Crippen molar-refractivity contribution in [2.45, 2.75) is 32.6 Å². The third kappa shape index (κ3) is 2.41. The number of hydrogen-bond acceptors (Lipinski definition) is 1. The van der Waals surface area contributed by atoms with Gasteiger partial charge in [0.25, 0.3) is 0 Å². The summed E-state index contributed by atoms with van der Waals surface area (Å²) in [5.74, 6) is 0. The highest BCUT2D eigenvalue weighted by Gasteiger charge is 2.31. The van der Waals surface area contributed by atoms with Crippen LogP contribution in [-0.4, -0.2) is 6.29 Å². The predicted molar refractivity (Wildman–Crippen MR) is 66.3 cm³/mol.